The van der Waals surface area contributed by atoms with Crippen LogP contribution in [0.5, 0.6) is 0 Å². The van der Waals surface area contributed by atoms with Crippen LogP contribution in [0.4, 0.5) is 11.4 Å². The van der Waals surface area contributed by atoms with E-state index in [1.165, 1.54) is 17.7 Å². The molecule has 5 heteroatoms. The lowest BCUT2D eigenvalue weighted by atomic mass is 9.71. The highest BCUT2D eigenvalue weighted by Gasteiger charge is 2.34. The first kappa shape index (κ1) is 18.1. The van der Waals surface area contributed by atoms with Crippen LogP contribution in [-0.4, -0.2) is 24.7 Å². The van der Waals surface area contributed by atoms with Crippen molar-refractivity contribution in [1.29, 1.82) is 0 Å². The third kappa shape index (κ3) is 3.47. The van der Waals surface area contributed by atoms with Gasteiger partial charge in [0.05, 0.1) is 0 Å². The zero-order chi connectivity index (χ0) is 19.2. The van der Waals surface area contributed by atoms with Gasteiger partial charge >= 0.3 is 0 Å². The molecular formula is C22H29N3O2. The summed E-state index contributed by atoms with van der Waals surface area (Å²) in [4.78, 5) is 15.2. The number of nitrogens with one attached hydrogen (secondary N) is 1. The van der Waals surface area contributed by atoms with Gasteiger partial charge in [-0.1, -0.05) is 32.0 Å². The molecule has 2 aromatic rings. The van der Waals surface area contributed by atoms with Gasteiger partial charge in [0.25, 0.3) is 5.91 Å². The Labute approximate surface area is 161 Å². The van der Waals surface area contributed by atoms with Crippen LogP contribution in [-0.2, 0) is 19.3 Å². The number of anilines is 2. The lowest BCUT2D eigenvalue weighted by Crippen LogP contribution is -2.28. The van der Waals surface area contributed by atoms with Gasteiger partial charge in [-0.25, -0.2) is 0 Å². The molecular weight excluding hydrogens is 338 g/mol. The summed E-state index contributed by atoms with van der Waals surface area (Å²) < 4.78 is 5.50. The molecule has 1 aromatic carbocycles. The van der Waals surface area contributed by atoms with Crippen LogP contribution >= 0.6 is 0 Å². The summed E-state index contributed by atoms with van der Waals surface area (Å²) in [6.07, 6.45) is 5.08. The summed E-state index contributed by atoms with van der Waals surface area (Å²) in [5.41, 5.74) is 5.01. The summed E-state index contributed by atoms with van der Waals surface area (Å²) in [5, 5.41) is 7.15. The lowest BCUT2D eigenvalue weighted by Gasteiger charge is -2.33. The SMILES string of the molecule is CN1CCCc2ccc(NC(=O)c3noc4c3C[C@H](C(C)(C)C)CC4)cc21. The molecule has 0 saturated heterocycles. The van der Waals surface area contributed by atoms with Crippen molar-refractivity contribution in [2.45, 2.75) is 52.9 Å². The first-order valence-electron chi connectivity index (χ1n) is 9.96. The van der Waals surface area contributed by atoms with E-state index in [1.54, 1.807) is 0 Å². The van der Waals surface area contributed by atoms with Crippen molar-refractivity contribution in [3.8, 4) is 0 Å². The Kier molecular flexibility index (Phi) is 4.49. The zero-order valence-corrected chi connectivity index (χ0v) is 16.8. The number of benzene rings is 1. The highest BCUT2D eigenvalue weighted by atomic mass is 16.5. The van der Waals surface area contributed by atoms with Crippen LogP contribution < -0.4 is 10.2 Å². The van der Waals surface area contributed by atoms with Gasteiger partial charge in [-0.05, 0) is 54.7 Å². The van der Waals surface area contributed by atoms with Crippen LogP contribution in [0.2, 0.25) is 0 Å². The van der Waals surface area contributed by atoms with Crippen LogP contribution in [0, 0.1) is 11.3 Å². The molecule has 1 aliphatic carbocycles. The zero-order valence-electron chi connectivity index (χ0n) is 16.8. The Morgan fingerprint density at radius 3 is 2.89 bits per heavy atom. The van der Waals surface area contributed by atoms with Crippen molar-refractivity contribution in [2.24, 2.45) is 11.3 Å². The van der Waals surface area contributed by atoms with E-state index < -0.39 is 0 Å². The molecule has 0 unspecified atom stereocenters. The molecule has 1 N–H and O–H groups in total. The molecule has 5 nitrogen and oxygen atoms in total. The Morgan fingerprint density at radius 1 is 1.30 bits per heavy atom. The van der Waals surface area contributed by atoms with E-state index in [9.17, 15) is 4.79 Å². The largest absolute Gasteiger partial charge is 0.374 e. The number of rotatable bonds is 2. The first-order chi connectivity index (χ1) is 12.8. The van der Waals surface area contributed by atoms with Gasteiger partial charge in [0, 0.05) is 37.0 Å². The van der Waals surface area contributed by atoms with Crippen LogP contribution in [0.15, 0.2) is 22.7 Å². The quantitative estimate of drug-likeness (QED) is 0.851. The molecule has 1 atom stereocenters. The van der Waals surface area contributed by atoms with Gasteiger partial charge < -0.3 is 14.7 Å². The molecule has 0 bridgehead atoms. The summed E-state index contributed by atoms with van der Waals surface area (Å²) >= 11 is 0. The molecule has 1 aliphatic heterocycles. The Bertz CT molecular complexity index is 863. The molecule has 4 rings (SSSR count). The molecule has 1 aromatic heterocycles. The Balaban J connectivity index is 1.55. The number of hydrogen-bond acceptors (Lipinski definition) is 4. The van der Waals surface area contributed by atoms with Gasteiger partial charge in [-0.2, -0.15) is 0 Å². The smallest absolute Gasteiger partial charge is 0.278 e. The molecule has 0 saturated carbocycles. The second-order valence-corrected chi connectivity index (χ2v) is 9.06. The van der Waals surface area contributed by atoms with Crippen LogP contribution in [0.1, 0.15) is 61.0 Å². The van der Waals surface area contributed by atoms with E-state index in [0.717, 1.165) is 49.2 Å². The Morgan fingerprint density at radius 2 is 2.11 bits per heavy atom. The van der Waals surface area contributed by atoms with E-state index in [4.69, 9.17) is 4.52 Å². The van der Waals surface area contributed by atoms with Gasteiger partial charge in [0.2, 0.25) is 0 Å². The molecule has 0 spiro atoms. The summed E-state index contributed by atoms with van der Waals surface area (Å²) in [6.45, 7) is 7.84. The van der Waals surface area contributed by atoms with Crippen molar-refractivity contribution < 1.29 is 9.32 Å². The van der Waals surface area contributed by atoms with Crippen molar-refractivity contribution in [1.82, 2.24) is 5.16 Å². The summed E-state index contributed by atoms with van der Waals surface area (Å²) in [6, 6.07) is 6.17. The third-order valence-corrected chi connectivity index (χ3v) is 6.17. The molecule has 144 valence electrons. The van der Waals surface area contributed by atoms with E-state index >= 15 is 0 Å². The van der Waals surface area contributed by atoms with E-state index in [1.807, 2.05) is 6.07 Å². The molecule has 2 heterocycles. The summed E-state index contributed by atoms with van der Waals surface area (Å²) in [5.74, 6) is 1.24. The monoisotopic (exact) mass is 367 g/mol. The third-order valence-electron chi connectivity index (χ3n) is 6.17. The van der Waals surface area contributed by atoms with Gasteiger partial charge in [0.15, 0.2) is 5.69 Å². The minimum absolute atomic E-state index is 0.173. The predicted molar refractivity (Wildman–Crippen MR) is 107 cm³/mol. The average Bonchev–Trinajstić information content (AvgIpc) is 3.05. The van der Waals surface area contributed by atoms with Gasteiger partial charge in [0.1, 0.15) is 5.76 Å². The minimum atomic E-state index is -0.173. The predicted octanol–water partition coefficient (Wildman–Crippen LogP) is 4.46. The second kappa shape index (κ2) is 6.70. The Hall–Kier alpha value is -2.30. The fourth-order valence-electron chi connectivity index (χ4n) is 4.35. The maximum atomic E-state index is 12.9. The molecule has 1 amide bonds. The highest BCUT2D eigenvalue weighted by molar-refractivity contribution is 6.04. The molecule has 2 aliphatic rings. The fraction of sp³-hybridized carbons (Fsp3) is 0.545. The van der Waals surface area contributed by atoms with E-state index in [0.29, 0.717) is 11.6 Å². The summed E-state index contributed by atoms with van der Waals surface area (Å²) in [7, 11) is 2.10. The number of carbonyl (C=O) groups is 1. The van der Waals surface area contributed by atoms with Gasteiger partial charge in [-0.15, -0.1) is 0 Å². The normalized spacial score (nSPS) is 19.4. The van der Waals surface area contributed by atoms with Crippen LogP contribution in [0.25, 0.3) is 0 Å². The maximum absolute atomic E-state index is 12.9. The van der Waals surface area contributed by atoms with E-state index in [2.05, 4.69) is 55.3 Å². The number of nitrogens with zero attached hydrogens (tertiary/aromatic N) is 2. The first-order valence-corrected chi connectivity index (χ1v) is 9.96. The van der Waals surface area contributed by atoms with Crippen LogP contribution in [0.3, 0.4) is 0 Å². The molecule has 0 radical (unpaired) electrons. The second-order valence-electron chi connectivity index (χ2n) is 9.06. The fourth-order valence-corrected chi connectivity index (χ4v) is 4.35. The average molecular weight is 367 g/mol. The van der Waals surface area contributed by atoms with Crippen molar-refractivity contribution in [2.75, 3.05) is 23.8 Å². The number of fused-ring (bicyclic) bond motifs is 2. The lowest BCUT2D eigenvalue weighted by molar-refractivity contribution is 0.101. The van der Waals surface area contributed by atoms with Crippen molar-refractivity contribution in [3.63, 3.8) is 0 Å². The van der Waals surface area contributed by atoms with Crippen molar-refractivity contribution in [3.05, 3.63) is 40.8 Å². The van der Waals surface area contributed by atoms with Gasteiger partial charge in [-0.3, -0.25) is 4.79 Å². The number of carbonyl (C=O) groups excluding carboxylic acids is 1. The molecule has 27 heavy (non-hydrogen) atoms. The highest BCUT2D eigenvalue weighted by Crippen LogP contribution is 2.38. The maximum Gasteiger partial charge on any atom is 0.278 e. The minimum Gasteiger partial charge on any atom is -0.374 e. The number of amides is 1. The standard InChI is InChI=1S/C22H29N3O2/c1-22(2,3)15-8-10-19-17(12-15)20(24-27-19)21(26)23-16-9-7-14-6-5-11-25(4)18(14)13-16/h7,9,13,15H,5-6,8,10-12H2,1-4H3,(H,23,26)/t15-/m1/s1. The number of aryl methyl sites for hydroxylation is 2. The van der Waals surface area contributed by atoms with E-state index in [-0.39, 0.29) is 11.3 Å². The number of hydrogen-bond donors (Lipinski definition) is 1. The topological polar surface area (TPSA) is 58.4 Å². The molecule has 0 fully saturated rings. The van der Waals surface area contributed by atoms with Crippen molar-refractivity contribution >= 4 is 17.3 Å². The number of aromatic nitrogens is 1.